The molecule has 1 aliphatic carbocycles. The van der Waals surface area contributed by atoms with E-state index in [0.29, 0.717) is 17.6 Å². The number of carbonyl (C=O) groups is 1. The van der Waals surface area contributed by atoms with E-state index in [1.807, 2.05) is 36.5 Å². The number of benzene rings is 1. The Hall–Kier alpha value is -3.98. The normalized spacial score (nSPS) is 16.7. The minimum absolute atomic E-state index is 0.0218. The summed E-state index contributed by atoms with van der Waals surface area (Å²) in [6, 6.07) is 16.1. The summed E-state index contributed by atoms with van der Waals surface area (Å²) in [7, 11) is 0. The van der Waals surface area contributed by atoms with Gasteiger partial charge in [-0.05, 0) is 87.9 Å². The number of aliphatic hydroxyl groups is 1. The van der Waals surface area contributed by atoms with Gasteiger partial charge in [0.2, 0.25) is 11.9 Å². The van der Waals surface area contributed by atoms with Crippen molar-refractivity contribution in [2.75, 3.05) is 23.3 Å². The lowest BCUT2D eigenvalue weighted by atomic mass is 9.96. The summed E-state index contributed by atoms with van der Waals surface area (Å²) < 4.78 is 2.11. The first-order valence-corrected chi connectivity index (χ1v) is 13.3. The molecule has 38 heavy (non-hydrogen) atoms. The zero-order valence-electron chi connectivity index (χ0n) is 21.8. The third-order valence-corrected chi connectivity index (χ3v) is 7.54. The van der Waals surface area contributed by atoms with E-state index in [1.165, 1.54) is 5.69 Å². The van der Waals surface area contributed by atoms with Gasteiger partial charge in [0.05, 0.1) is 5.69 Å². The maximum absolute atomic E-state index is 11.5. The van der Waals surface area contributed by atoms with Crippen LogP contribution >= 0.6 is 0 Å². The number of hydrogen-bond donors (Lipinski definition) is 3. The van der Waals surface area contributed by atoms with Crippen LogP contribution in [0.5, 0.6) is 0 Å². The zero-order valence-corrected chi connectivity index (χ0v) is 21.8. The van der Waals surface area contributed by atoms with Gasteiger partial charge in [-0.3, -0.25) is 9.36 Å². The number of nitrogens with zero attached hydrogens (tertiary/aromatic N) is 5. The molecule has 9 nitrogen and oxygen atoms in total. The molecular formula is C29H33N7O2. The quantitative estimate of drug-likeness (QED) is 0.337. The molecule has 3 aromatic heterocycles. The predicted octanol–water partition coefficient (Wildman–Crippen LogP) is 4.37. The van der Waals surface area contributed by atoms with Gasteiger partial charge in [-0.2, -0.15) is 4.98 Å². The monoisotopic (exact) mass is 511 g/mol. The van der Waals surface area contributed by atoms with Crippen LogP contribution in [0.3, 0.4) is 0 Å². The fourth-order valence-electron chi connectivity index (χ4n) is 5.19. The smallest absolute Gasteiger partial charge is 0.229 e. The molecule has 4 N–H and O–H groups in total. The molecule has 1 saturated heterocycles. The molecule has 1 aromatic carbocycles. The highest BCUT2D eigenvalue weighted by molar-refractivity contribution is 5.80. The summed E-state index contributed by atoms with van der Waals surface area (Å²) in [5.41, 5.74) is 9.03. The van der Waals surface area contributed by atoms with Crippen molar-refractivity contribution in [1.29, 1.82) is 0 Å². The van der Waals surface area contributed by atoms with Crippen molar-refractivity contribution in [1.82, 2.24) is 19.5 Å². The number of primary amides is 1. The molecule has 2 fully saturated rings. The van der Waals surface area contributed by atoms with Crippen LogP contribution in [-0.2, 0) is 10.4 Å². The number of aromatic nitrogens is 4. The summed E-state index contributed by atoms with van der Waals surface area (Å²) in [4.78, 5) is 28.0. The van der Waals surface area contributed by atoms with Crippen LogP contribution < -0.4 is 16.0 Å². The van der Waals surface area contributed by atoms with Crippen molar-refractivity contribution < 1.29 is 9.90 Å². The van der Waals surface area contributed by atoms with Crippen LogP contribution in [0.4, 0.5) is 17.3 Å². The van der Waals surface area contributed by atoms with Gasteiger partial charge in [-0.15, -0.1) is 0 Å². The molecule has 1 amide bonds. The Kier molecular flexibility index (Phi) is 6.03. The van der Waals surface area contributed by atoms with Crippen molar-refractivity contribution in [2.45, 2.75) is 51.0 Å². The molecule has 1 saturated carbocycles. The number of anilines is 3. The minimum atomic E-state index is -1.04. The first-order valence-electron chi connectivity index (χ1n) is 13.3. The maximum atomic E-state index is 11.5. The second-order valence-electron chi connectivity index (χ2n) is 10.9. The van der Waals surface area contributed by atoms with Crippen LogP contribution in [0.1, 0.15) is 56.8 Å². The van der Waals surface area contributed by atoms with Crippen molar-refractivity contribution in [3.63, 3.8) is 0 Å². The second-order valence-corrected chi connectivity index (χ2v) is 10.9. The highest BCUT2D eigenvalue weighted by Gasteiger charge is 2.30. The highest BCUT2D eigenvalue weighted by Crippen LogP contribution is 2.43. The van der Waals surface area contributed by atoms with E-state index in [1.54, 1.807) is 13.8 Å². The molecule has 4 aromatic rings. The number of pyridine rings is 1. The van der Waals surface area contributed by atoms with E-state index in [9.17, 15) is 9.90 Å². The van der Waals surface area contributed by atoms with Crippen LogP contribution in [-0.4, -0.2) is 43.6 Å². The molecule has 0 unspecified atom stereocenters. The average Bonchev–Trinajstić information content (AvgIpc) is 3.69. The topological polar surface area (TPSA) is 122 Å². The first-order chi connectivity index (χ1) is 18.3. The van der Waals surface area contributed by atoms with Crippen molar-refractivity contribution in [3.05, 3.63) is 66.1 Å². The Morgan fingerprint density at radius 2 is 1.79 bits per heavy atom. The van der Waals surface area contributed by atoms with E-state index >= 15 is 0 Å². The lowest BCUT2D eigenvalue weighted by Crippen LogP contribution is -2.38. The van der Waals surface area contributed by atoms with Gasteiger partial charge >= 0.3 is 0 Å². The Labute approximate surface area is 221 Å². The Balaban J connectivity index is 1.27. The largest absolute Gasteiger partial charge is 0.384 e. The van der Waals surface area contributed by atoms with Gasteiger partial charge in [0.25, 0.3) is 0 Å². The molecule has 4 heterocycles. The van der Waals surface area contributed by atoms with Crippen LogP contribution in [0.15, 0.2) is 54.7 Å². The summed E-state index contributed by atoms with van der Waals surface area (Å²) in [5.74, 6) is 1.51. The number of carbonyl (C=O) groups excluding carboxylic acids is 1. The van der Waals surface area contributed by atoms with Gasteiger partial charge in [-0.25, -0.2) is 9.97 Å². The van der Waals surface area contributed by atoms with Crippen molar-refractivity contribution >= 4 is 34.3 Å². The predicted molar refractivity (Wildman–Crippen MR) is 148 cm³/mol. The van der Waals surface area contributed by atoms with Gasteiger partial charge in [0.1, 0.15) is 11.4 Å². The molecule has 2 aliphatic rings. The molecule has 6 rings (SSSR count). The Bertz CT molecular complexity index is 1480. The van der Waals surface area contributed by atoms with E-state index in [0.717, 1.165) is 67.0 Å². The fraction of sp³-hybridized carbons (Fsp3) is 0.379. The molecule has 196 valence electrons. The van der Waals surface area contributed by atoms with Crippen LogP contribution in [0.25, 0.3) is 16.9 Å². The zero-order chi connectivity index (χ0) is 26.4. The molecule has 0 spiro atoms. The first kappa shape index (κ1) is 24.4. The van der Waals surface area contributed by atoms with Gasteiger partial charge in [0.15, 0.2) is 5.65 Å². The van der Waals surface area contributed by atoms with Gasteiger partial charge in [-0.1, -0.05) is 6.07 Å². The molecule has 0 atom stereocenters. The number of hydrogen-bond acceptors (Lipinski definition) is 7. The summed E-state index contributed by atoms with van der Waals surface area (Å²) in [6.07, 6.45) is 5.72. The third kappa shape index (κ3) is 4.81. The van der Waals surface area contributed by atoms with Gasteiger partial charge < -0.3 is 21.1 Å². The van der Waals surface area contributed by atoms with E-state index in [4.69, 9.17) is 15.7 Å². The molecule has 9 heteroatoms. The third-order valence-electron chi connectivity index (χ3n) is 7.54. The standard InChI is InChI=1S/C29H33N7O2/c1-29(2,38)24-4-3-5-25(33-24)36-23(18-6-7-18)16-20-17-31-28(34-27(20)36)32-21-8-10-22(11-9-21)35-14-12-19(13-15-35)26(30)37/h3-5,8-11,16-19,38H,6-7,12-15H2,1-2H3,(H2,30,37)(H,31,32,34). The van der Waals surface area contributed by atoms with E-state index < -0.39 is 5.60 Å². The summed E-state index contributed by atoms with van der Waals surface area (Å²) in [5, 5.41) is 14.8. The summed E-state index contributed by atoms with van der Waals surface area (Å²) in [6.45, 7) is 5.13. The number of piperidine rings is 1. The number of nitrogens with one attached hydrogen (secondary N) is 1. The Morgan fingerprint density at radius 3 is 2.45 bits per heavy atom. The Morgan fingerprint density at radius 1 is 1.05 bits per heavy atom. The molecular weight excluding hydrogens is 478 g/mol. The fourth-order valence-corrected chi connectivity index (χ4v) is 5.19. The minimum Gasteiger partial charge on any atom is -0.384 e. The highest BCUT2D eigenvalue weighted by atomic mass is 16.3. The van der Waals surface area contributed by atoms with Crippen molar-refractivity contribution in [2.24, 2.45) is 11.7 Å². The molecule has 0 bridgehead atoms. The molecule has 0 radical (unpaired) electrons. The second kappa shape index (κ2) is 9.40. The lowest BCUT2D eigenvalue weighted by molar-refractivity contribution is -0.122. The number of rotatable bonds is 7. The van der Waals surface area contributed by atoms with Crippen LogP contribution in [0, 0.1) is 5.92 Å². The SMILES string of the molecule is CC(C)(O)c1cccc(-n2c(C3CC3)cc3cnc(Nc4ccc(N5CCC(C(N)=O)CC5)cc4)nc32)n1. The maximum Gasteiger partial charge on any atom is 0.229 e. The number of nitrogens with two attached hydrogens (primary N) is 1. The summed E-state index contributed by atoms with van der Waals surface area (Å²) >= 11 is 0. The molecule has 1 aliphatic heterocycles. The average molecular weight is 512 g/mol. The number of fused-ring (bicyclic) bond motifs is 1. The van der Waals surface area contributed by atoms with E-state index in [-0.39, 0.29) is 11.8 Å². The number of amides is 1. The lowest BCUT2D eigenvalue weighted by Gasteiger charge is -2.32. The van der Waals surface area contributed by atoms with E-state index in [2.05, 4.69) is 38.0 Å². The van der Waals surface area contributed by atoms with Gasteiger partial charge in [0, 0.05) is 47.7 Å². The van der Waals surface area contributed by atoms with Crippen molar-refractivity contribution in [3.8, 4) is 5.82 Å². The van der Waals surface area contributed by atoms with Crippen LogP contribution in [0.2, 0.25) is 0 Å².